The summed E-state index contributed by atoms with van der Waals surface area (Å²) in [6, 6.07) is 16.4. The number of piperidine rings is 1. The standard InChI is InChI=1S/C24H28BrClN2OS/c25-23-7-6-21(26)15-20(23)14-18-8-11-27(12-9-18)13-10-22-17-28(24(29)30-22)16-19-4-2-1-3-5-19/h1-7,15,18,22H,8-14,16-17H2. The zero-order chi connectivity index (χ0) is 20.9. The molecule has 2 saturated heterocycles. The van der Waals surface area contributed by atoms with Gasteiger partial charge in [0.05, 0.1) is 0 Å². The van der Waals surface area contributed by atoms with Crippen molar-refractivity contribution in [1.82, 2.24) is 9.80 Å². The van der Waals surface area contributed by atoms with Crippen molar-refractivity contribution in [2.24, 2.45) is 5.92 Å². The molecule has 1 atom stereocenters. The number of amides is 1. The molecule has 160 valence electrons. The molecule has 2 aliphatic rings. The van der Waals surface area contributed by atoms with Gasteiger partial charge in [0.25, 0.3) is 5.24 Å². The number of thioether (sulfide) groups is 1. The average Bonchev–Trinajstić information content (AvgIpc) is 3.10. The highest BCUT2D eigenvalue weighted by Gasteiger charge is 2.31. The molecule has 0 aliphatic carbocycles. The van der Waals surface area contributed by atoms with Crippen LogP contribution in [0.2, 0.25) is 5.02 Å². The van der Waals surface area contributed by atoms with Gasteiger partial charge in [0, 0.05) is 27.8 Å². The molecule has 2 aromatic carbocycles. The third-order valence-corrected chi connectivity index (χ3v) is 8.34. The van der Waals surface area contributed by atoms with Gasteiger partial charge in [0.1, 0.15) is 0 Å². The fourth-order valence-corrected chi connectivity index (χ4v) is 6.06. The molecule has 0 aromatic heterocycles. The normalized spacial score (nSPS) is 20.8. The van der Waals surface area contributed by atoms with Crippen molar-refractivity contribution in [1.29, 1.82) is 0 Å². The summed E-state index contributed by atoms with van der Waals surface area (Å²) in [5.74, 6) is 0.722. The lowest BCUT2D eigenvalue weighted by Gasteiger charge is -2.32. The van der Waals surface area contributed by atoms with Gasteiger partial charge >= 0.3 is 0 Å². The Morgan fingerprint density at radius 1 is 1.10 bits per heavy atom. The molecule has 4 rings (SSSR count). The SMILES string of the molecule is O=C1SC(CCN2CCC(Cc3cc(Cl)ccc3Br)CC2)CN1Cc1ccccc1. The van der Waals surface area contributed by atoms with Crippen LogP contribution in [0.5, 0.6) is 0 Å². The summed E-state index contributed by atoms with van der Waals surface area (Å²) in [7, 11) is 0. The molecule has 2 heterocycles. The molecule has 3 nitrogen and oxygen atoms in total. The molecular weight excluding hydrogens is 480 g/mol. The van der Waals surface area contributed by atoms with Crippen LogP contribution in [0.3, 0.4) is 0 Å². The quantitative estimate of drug-likeness (QED) is 0.428. The van der Waals surface area contributed by atoms with Crippen LogP contribution in [0.1, 0.15) is 30.4 Å². The third-order valence-electron chi connectivity index (χ3n) is 6.16. The molecule has 30 heavy (non-hydrogen) atoms. The molecule has 0 bridgehead atoms. The molecule has 6 heteroatoms. The first kappa shape index (κ1) is 22.2. The van der Waals surface area contributed by atoms with Crippen LogP contribution in [0.25, 0.3) is 0 Å². The Bertz CT molecular complexity index is 858. The Kier molecular flexibility index (Phi) is 7.79. The maximum atomic E-state index is 12.4. The summed E-state index contributed by atoms with van der Waals surface area (Å²) in [6.45, 7) is 5.01. The summed E-state index contributed by atoms with van der Waals surface area (Å²) in [5.41, 5.74) is 2.53. The van der Waals surface area contributed by atoms with Crippen LogP contribution in [0.4, 0.5) is 4.79 Å². The molecule has 1 amide bonds. The zero-order valence-electron chi connectivity index (χ0n) is 17.1. The van der Waals surface area contributed by atoms with E-state index in [0.29, 0.717) is 5.25 Å². The summed E-state index contributed by atoms with van der Waals surface area (Å²) in [6.07, 6.45) is 4.65. The number of likely N-dealkylation sites (tertiary alicyclic amines) is 1. The Morgan fingerprint density at radius 2 is 1.87 bits per heavy atom. The summed E-state index contributed by atoms with van der Waals surface area (Å²) < 4.78 is 1.16. The summed E-state index contributed by atoms with van der Waals surface area (Å²) in [4.78, 5) is 16.9. The summed E-state index contributed by atoms with van der Waals surface area (Å²) in [5, 5.41) is 1.46. The Morgan fingerprint density at radius 3 is 2.63 bits per heavy atom. The number of halogens is 2. The first-order valence-corrected chi connectivity index (χ1v) is 12.8. The second kappa shape index (κ2) is 10.5. The summed E-state index contributed by atoms with van der Waals surface area (Å²) >= 11 is 11.4. The van der Waals surface area contributed by atoms with Crippen molar-refractivity contribution < 1.29 is 4.79 Å². The second-order valence-corrected chi connectivity index (χ2v) is 10.9. The van der Waals surface area contributed by atoms with Crippen molar-refractivity contribution in [2.45, 2.75) is 37.5 Å². The van der Waals surface area contributed by atoms with E-state index in [0.717, 1.165) is 61.0 Å². The lowest BCUT2D eigenvalue weighted by Crippen LogP contribution is -2.36. The van der Waals surface area contributed by atoms with Crippen LogP contribution in [0.15, 0.2) is 53.0 Å². The van der Waals surface area contributed by atoms with Gasteiger partial charge in [-0.25, -0.2) is 0 Å². The molecule has 1 unspecified atom stereocenters. The predicted octanol–water partition coefficient (Wildman–Crippen LogP) is 6.48. The van der Waals surface area contributed by atoms with E-state index >= 15 is 0 Å². The van der Waals surface area contributed by atoms with E-state index in [2.05, 4.69) is 45.1 Å². The third kappa shape index (κ3) is 6.03. The maximum Gasteiger partial charge on any atom is 0.282 e. The highest BCUT2D eigenvalue weighted by atomic mass is 79.9. The molecule has 0 N–H and O–H groups in total. The van der Waals surface area contributed by atoms with E-state index in [4.69, 9.17) is 11.6 Å². The number of carbonyl (C=O) groups excluding carboxylic acids is 1. The first-order valence-electron chi connectivity index (χ1n) is 10.7. The fourth-order valence-electron chi connectivity index (χ4n) is 4.41. The Labute approximate surface area is 197 Å². The van der Waals surface area contributed by atoms with Crippen LogP contribution in [-0.4, -0.2) is 46.5 Å². The van der Waals surface area contributed by atoms with Crippen LogP contribution < -0.4 is 0 Å². The van der Waals surface area contributed by atoms with Crippen molar-refractivity contribution in [3.05, 3.63) is 69.2 Å². The molecule has 0 radical (unpaired) electrons. The highest BCUT2D eigenvalue weighted by Crippen LogP contribution is 2.31. The molecule has 2 aliphatic heterocycles. The minimum Gasteiger partial charge on any atom is -0.328 e. The monoisotopic (exact) mass is 506 g/mol. The fraction of sp³-hybridized carbons (Fsp3) is 0.458. The number of nitrogens with zero attached hydrogens (tertiary/aromatic N) is 2. The average molecular weight is 508 g/mol. The van der Waals surface area contributed by atoms with Gasteiger partial charge in [-0.2, -0.15) is 0 Å². The van der Waals surface area contributed by atoms with E-state index in [-0.39, 0.29) is 5.24 Å². The molecule has 0 spiro atoms. The second-order valence-electron chi connectivity index (χ2n) is 8.39. The van der Waals surface area contributed by atoms with Gasteiger partial charge in [-0.15, -0.1) is 0 Å². The minimum atomic E-state index is 0.231. The largest absolute Gasteiger partial charge is 0.328 e. The molecule has 0 saturated carbocycles. The Balaban J connectivity index is 1.19. The van der Waals surface area contributed by atoms with Crippen LogP contribution >= 0.6 is 39.3 Å². The van der Waals surface area contributed by atoms with Gasteiger partial charge in [-0.05, 0) is 80.6 Å². The van der Waals surface area contributed by atoms with Crippen LogP contribution in [0, 0.1) is 5.92 Å². The minimum absolute atomic E-state index is 0.231. The van der Waals surface area contributed by atoms with E-state index in [1.807, 2.05) is 29.2 Å². The maximum absolute atomic E-state index is 12.4. The number of rotatable bonds is 7. The molecule has 2 aromatic rings. The molecule has 2 fully saturated rings. The number of carbonyl (C=O) groups is 1. The number of benzene rings is 2. The first-order chi connectivity index (χ1) is 14.6. The van der Waals surface area contributed by atoms with Crippen molar-refractivity contribution in [2.75, 3.05) is 26.2 Å². The van der Waals surface area contributed by atoms with Crippen LogP contribution in [-0.2, 0) is 13.0 Å². The number of hydrogen-bond acceptors (Lipinski definition) is 3. The topological polar surface area (TPSA) is 23.6 Å². The Hall–Kier alpha value is -1.01. The smallest absolute Gasteiger partial charge is 0.282 e. The van der Waals surface area contributed by atoms with Crippen molar-refractivity contribution in [3.63, 3.8) is 0 Å². The predicted molar refractivity (Wildman–Crippen MR) is 130 cm³/mol. The van der Waals surface area contributed by atoms with Gasteiger partial charge in [0.15, 0.2) is 0 Å². The van der Waals surface area contributed by atoms with E-state index in [1.165, 1.54) is 35.7 Å². The number of hydrogen-bond donors (Lipinski definition) is 0. The lowest BCUT2D eigenvalue weighted by atomic mass is 9.90. The van der Waals surface area contributed by atoms with E-state index in [9.17, 15) is 4.79 Å². The van der Waals surface area contributed by atoms with Gasteiger partial charge in [-0.3, -0.25) is 4.79 Å². The van der Waals surface area contributed by atoms with Gasteiger partial charge < -0.3 is 9.80 Å². The van der Waals surface area contributed by atoms with Crippen molar-refractivity contribution in [3.8, 4) is 0 Å². The van der Waals surface area contributed by atoms with Gasteiger partial charge in [-0.1, -0.05) is 69.6 Å². The van der Waals surface area contributed by atoms with E-state index < -0.39 is 0 Å². The highest BCUT2D eigenvalue weighted by molar-refractivity contribution is 9.10. The van der Waals surface area contributed by atoms with E-state index in [1.54, 1.807) is 0 Å². The van der Waals surface area contributed by atoms with Crippen molar-refractivity contribution >= 4 is 44.5 Å². The molecular formula is C24H28BrClN2OS. The lowest BCUT2D eigenvalue weighted by molar-refractivity contribution is 0.180. The zero-order valence-corrected chi connectivity index (χ0v) is 20.3. The van der Waals surface area contributed by atoms with Gasteiger partial charge in [0.2, 0.25) is 0 Å².